The molecular weight excluding hydrogens is 278 g/mol. The Balaban J connectivity index is 4.17. The fourth-order valence-corrected chi connectivity index (χ4v) is 1.49. The summed E-state index contributed by atoms with van der Waals surface area (Å²) in [6.45, 7) is 3.55. The highest BCUT2D eigenvalue weighted by Crippen LogP contribution is 2.31. The molecule has 0 heterocycles. The van der Waals surface area contributed by atoms with Gasteiger partial charge in [-0.25, -0.2) is 0 Å². The van der Waals surface area contributed by atoms with Crippen LogP contribution in [-0.4, -0.2) is 14.2 Å². The lowest BCUT2D eigenvalue weighted by atomic mass is 10.1. The van der Waals surface area contributed by atoms with Crippen molar-refractivity contribution >= 4 is 31.9 Å². The van der Waals surface area contributed by atoms with Crippen molar-refractivity contribution in [2.45, 2.75) is 36.0 Å². The van der Waals surface area contributed by atoms with Crippen molar-refractivity contribution < 1.29 is 4.92 Å². The number of hydrogen-bond acceptors (Lipinski definition) is 2. The van der Waals surface area contributed by atoms with Crippen LogP contribution in [0, 0.1) is 10.1 Å². The van der Waals surface area contributed by atoms with E-state index in [1.165, 1.54) is 0 Å². The van der Waals surface area contributed by atoms with Gasteiger partial charge in [0.15, 0.2) is 0 Å². The van der Waals surface area contributed by atoms with Crippen LogP contribution in [-0.2, 0) is 0 Å². The van der Waals surface area contributed by atoms with Gasteiger partial charge in [-0.15, -0.1) is 0 Å². The lowest BCUT2D eigenvalue weighted by molar-refractivity contribution is -0.529. The number of hydrogen-bond donors (Lipinski definition) is 0. The first-order valence-corrected chi connectivity index (χ1v) is 5.11. The van der Waals surface area contributed by atoms with Crippen molar-refractivity contribution in [3.63, 3.8) is 0 Å². The Hall–Kier alpha value is 0.360. The molecule has 0 fully saturated rings. The Kier molecular flexibility index (Phi) is 4.55. The molecule has 0 aliphatic carbocycles. The van der Waals surface area contributed by atoms with Crippen molar-refractivity contribution in [1.82, 2.24) is 0 Å². The van der Waals surface area contributed by atoms with Gasteiger partial charge < -0.3 is 0 Å². The molecule has 0 amide bonds. The van der Waals surface area contributed by atoms with Gasteiger partial charge in [0.2, 0.25) is 0 Å². The van der Waals surface area contributed by atoms with E-state index < -0.39 is 4.45 Å². The Morgan fingerprint density at radius 3 is 2.45 bits per heavy atom. The molecule has 0 saturated carbocycles. The SMILES string of the molecule is CCCC(Br)C(C)(Br)[N+](=O)[O-]. The Labute approximate surface area is 83.0 Å². The van der Waals surface area contributed by atoms with Gasteiger partial charge in [-0.1, -0.05) is 29.3 Å². The molecular formula is C6H11Br2NO2. The van der Waals surface area contributed by atoms with Crippen LogP contribution in [0.5, 0.6) is 0 Å². The highest BCUT2D eigenvalue weighted by Gasteiger charge is 2.40. The molecule has 0 rings (SSSR count). The summed E-state index contributed by atoms with van der Waals surface area (Å²) in [7, 11) is 0. The van der Waals surface area contributed by atoms with E-state index in [1.54, 1.807) is 6.92 Å². The fourth-order valence-electron chi connectivity index (χ4n) is 0.631. The smallest absolute Gasteiger partial charge is 0.263 e. The summed E-state index contributed by atoms with van der Waals surface area (Å²) < 4.78 is -1.04. The van der Waals surface area contributed by atoms with E-state index in [1.807, 2.05) is 6.92 Å². The minimum absolute atomic E-state index is 0.116. The number of nitro groups is 1. The normalized spacial score (nSPS) is 18.9. The van der Waals surface area contributed by atoms with Crippen molar-refractivity contribution in [2.24, 2.45) is 0 Å². The Morgan fingerprint density at radius 2 is 2.18 bits per heavy atom. The van der Waals surface area contributed by atoms with E-state index in [-0.39, 0.29) is 9.75 Å². The summed E-state index contributed by atoms with van der Waals surface area (Å²) in [6.07, 6.45) is 1.73. The molecule has 0 radical (unpaired) electrons. The minimum atomic E-state index is -1.04. The van der Waals surface area contributed by atoms with Crippen molar-refractivity contribution in [2.75, 3.05) is 0 Å². The molecule has 2 atom stereocenters. The van der Waals surface area contributed by atoms with Crippen LogP contribution in [0.25, 0.3) is 0 Å². The molecule has 0 aliphatic heterocycles. The van der Waals surface area contributed by atoms with Gasteiger partial charge in [0, 0.05) is 27.8 Å². The van der Waals surface area contributed by atoms with Crippen molar-refractivity contribution in [1.29, 1.82) is 0 Å². The van der Waals surface area contributed by atoms with E-state index in [0.717, 1.165) is 12.8 Å². The molecule has 0 bridgehead atoms. The third-order valence-corrected chi connectivity index (χ3v) is 4.28. The van der Waals surface area contributed by atoms with E-state index >= 15 is 0 Å². The van der Waals surface area contributed by atoms with Crippen LogP contribution in [0.4, 0.5) is 0 Å². The van der Waals surface area contributed by atoms with E-state index in [2.05, 4.69) is 31.9 Å². The van der Waals surface area contributed by atoms with E-state index in [4.69, 9.17) is 0 Å². The van der Waals surface area contributed by atoms with Crippen LogP contribution >= 0.6 is 31.9 Å². The maximum Gasteiger partial charge on any atom is 0.284 e. The maximum atomic E-state index is 10.5. The monoisotopic (exact) mass is 287 g/mol. The molecule has 0 N–H and O–H groups in total. The highest BCUT2D eigenvalue weighted by molar-refractivity contribution is 9.12. The summed E-state index contributed by atoms with van der Waals surface area (Å²) in [6, 6.07) is 0. The van der Waals surface area contributed by atoms with E-state index in [9.17, 15) is 10.1 Å². The zero-order chi connectivity index (χ0) is 9.07. The van der Waals surface area contributed by atoms with Gasteiger partial charge in [0.05, 0.1) is 4.83 Å². The first kappa shape index (κ1) is 11.4. The molecule has 66 valence electrons. The number of rotatable bonds is 4. The predicted molar refractivity (Wildman–Crippen MR) is 51.9 cm³/mol. The molecule has 2 unspecified atom stereocenters. The summed E-state index contributed by atoms with van der Waals surface area (Å²) in [5.41, 5.74) is 0. The van der Waals surface area contributed by atoms with Crippen LogP contribution in [0.15, 0.2) is 0 Å². The highest BCUT2D eigenvalue weighted by atomic mass is 79.9. The second-order valence-corrected chi connectivity index (χ2v) is 5.25. The van der Waals surface area contributed by atoms with Gasteiger partial charge in [-0.2, -0.15) is 0 Å². The van der Waals surface area contributed by atoms with Crippen LogP contribution in [0.3, 0.4) is 0 Å². The Bertz CT molecular complexity index is 150. The van der Waals surface area contributed by atoms with Gasteiger partial charge in [0.25, 0.3) is 4.45 Å². The first-order chi connectivity index (χ1) is 4.92. The topological polar surface area (TPSA) is 43.1 Å². The zero-order valence-electron chi connectivity index (χ0n) is 6.51. The molecule has 0 aromatic carbocycles. The lowest BCUT2D eigenvalue weighted by Gasteiger charge is -2.18. The Morgan fingerprint density at radius 1 is 1.73 bits per heavy atom. The van der Waals surface area contributed by atoms with Crippen molar-refractivity contribution in [3.8, 4) is 0 Å². The number of alkyl halides is 2. The van der Waals surface area contributed by atoms with Gasteiger partial charge >= 0.3 is 0 Å². The molecule has 0 saturated heterocycles. The molecule has 3 nitrogen and oxygen atoms in total. The summed E-state index contributed by atoms with van der Waals surface area (Å²) in [5.74, 6) is 0. The average molecular weight is 289 g/mol. The minimum Gasteiger partial charge on any atom is -0.263 e. The van der Waals surface area contributed by atoms with Crippen molar-refractivity contribution in [3.05, 3.63) is 10.1 Å². The fraction of sp³-hybridized carbons (Fsp3) is 1.00. The molecule has 0 spiro atoms. The van der Waals surface area contributed by atoms with Crippen LogP contribution in [0.1, 0.15) is 26.7 Å². The van der Waals surface area contributed by atoms with Gasteiger partial charge in [0.1, 0.15) is 0 Å². The summed E-state index contributed by atoms with van der Waals surface area (Å²) in [4.78, 5) is 10.0. The molecule has 0 aliphatic rings. The van der Waals surface area contributed by atoms with Crippen LogP contribution in [0.2, 0.25) is 0 Å². The third-order valence-electron chi connectivity index (χ3n) is 1.47. The molecule has 0 aromatic heterocycles. The summed E-state index contributed by atoms with van der Waals surface area (Å²) in [5, 5.41) is 10.5. The average Bonchev–Trinajstić information content (AvgIpc) is 1.88. The molecule has 5 heteroatoms. The van der Waals surface area contributed by atoms with E-state index in [0.29, 0.717) is 0 Å². The third kappa shape index (κ3) is 3.07. The summed E-state index contributed by atoms with van der Waals surface area (Å²) >= 11 is 6.34. The number of halogens is 2. The molecule has 0 aromatic rings. The van der Waals surface area contributed by atoms with Crippen LogP contribution < -0.4 is 0 Å². The maximum absolute atomic E-state index is 10.5. The number of nitrogens with zero attached hydrogens (tertiary/aromatic N) is 1. The standard InChI is InChI=1S/C6H11Br2NO2/c1-3-4-5(7)6(2,8)9(10)11/h5H,3-4H2,1-2H3. The second-order valence-electron chi connectivity index (χ2n) is 2.54. The molecule has 11 heavy (non-hydrogen) atoms. The zero-order valence-corrected chi connectivity index (χ0v) is 9.68. The van der Waals surface area contributed by atoms with Gasteiger partial charge in [-0.05, 0) is 6.42 Å². The van der Waals surface area contributed by atoms with Gasteiger partial charge in [-0.3, -0.25) is 10.1 Å². The second kappa shape index (κ2) is 4.40. The predicted octanol–water partition coefficient (Wildman–Crippen LogP) is 2.94. The quantitative estimate of drug-likeness (QED) is 0.345. The lowest BCUT2D eigenvalue weighted by Crippen LogP contribution is -2.36. The first-order valence-electron chi connectivity index (χ1n) is 3.40. The largest absolute Gasteiger partial charge is 0.284 e.